The summed E-state index contributed by atoms with van der Waals surface area (Å²) in [5.41, 5.74) is 2.18. The van der Waals surface area contributed by atoms with Crippen molar-refractivity contribution in [2.24, 2.45) is 0 Å². The predicted octanol–water partition coefficient (Wildman–Crippen LogP) is 5.01. The van der Waals surface area contributed by atoms with Gasteiger partial charge in [0, 0.05) is 27.8 Å². The van der Waals surface area contributed by atoms with Crippen LogP contribution in [0.4, 0.5) is 15.1 Å². The molecule has 5 rings (SSSR count). The van der Waals surface area contributed by atoms with Gasteiger partial charge in [-0.2, -0.15) is 0 Å². The van der Waals surface area contributed by atoms with Crippen LogP contribution in [0.15, 0.2) is 47.6 Å². The molecule has 0 saturated carbocycles. The summed E-state index contributed by atoms with van der Waals surface area (Å²) in [5, 5.41) is 26.0. The van der Waals surface area contributed by atoms with Crippen LogP contribution in [0.5, 0.6) is 0 Å². The standard InChI is InChI=1S/C29H27FN6O6S2/c1-3-42-28(39)25-20-5-4-6-22(20)44-27(25)32-24(37)15-43-29-34-33-23(35(29)19-11-9-18(30)10-12-19)14-31-26(38)17-8-7-16(2)21(13-17)36(40)41/h7-13H,3-6,14-15H2,1-2H3,(H,31,38)(H,32,37). The number of hydrogen-bond acceptors (Lipinski definition) is 10. The molecule has 2 amide bonds. The summed E-state index contributed by atoms with van der Waals surface area (Å²) >= 11 is 2.45. The molecular formula is C29H27FN6O6S2. The number of fused-ring (bicyclic) bond motifs is 1. The molecule has 15 heteroatoms. The number of thiophene rings is 1. The third-order valence-corrected chi connectivity index (χ3v) is 8.98. The van der Waals surface area contributed by atoms with E-state index in [9.17, 15) is 28.9 Å². The van der Waals surface area contributed by atoms with E-state index >= 15 is 0 Å². The second kappa shape index (κ2) is 13.3. The van der Waals surface area contributed by atoms with E-state index in [1.54, 1.807) is 18.4 Å². The molecule has 2 heterocycles. The summed E-state index contributed by atoms with van der Waals surface area (Å²) in [6.07, 6.45) is 2.55. The summed E-state index contributed by atoms with van der Waals surface area (Å²) in [5.74, 6) is -1.64. The Kier molecular flexibility index (Phi) is 9.35. The number of esters is 1. The molecule has 4 aromatic rings. The number of ether oxygens (including phenoxy) is 1. The molecular weight excluding hydrogens is 611 g/mol. The van der Waals surface area contributed by atoms with Gasteiger partial charge in [0.1, 0.15) is 10.8 Å². The zero-order valence-corrected chi connectivity index (χ0v) is 25.3. The van der Waals surface area contributed by atoms with Crippen LogP contribution in [0.2, 0.25) is 0 Å². The van der Waals surface area contributed by atoms with E-state index in [1.165, 1.54) is 53.8 Å². The van der Waals surface area contributed by atoms with Crippen molar-refractivity contribution >= 4 is 51.6 Å². The highest BCUT2D eigenvalue weighted by Crippen LogP contribution is 2.39. The summed E-state index contributed by atoms with van der Waals surface area (Å²) in [4.78, 5) is 50.3. The Labute approximate surface area is 259 Å². The number of carbonyl (C=O) groups excluding carboxylic acids is 3. The number of nitro groups is 1. The van der Waals surface area contributed by atoms with E-state index in [2.05, 4.69) is 20.8 Å². The highest BCUT2D eigenvalue weighted by Gasteiger charge is 2.28. The Hall–Kier alpha value is -4.63. The summed E-state index contributed by atoms with van der Waals surface area (Å²) in [6.45, 7) is 3.42. The van der Waals surface area contributed by atoms with Gasteiger partial charge in [-0.05, 0) is 69.0 Å². The molecule has 0 bridgehead atoms. The average Bonchev–Trinajstić information content (AvgIpc) is 3.70. The maximum atomic E-state index is 13.7. The van der Waals surface area contributed by atoms with Crippen molar-refractivity contribution < 1.29 is 28.4 Å². The molecule has 2 aromatic heterocycles. The van der Waals surface area contributed by atoms with Crippen molar-refractivity contribution in [2.45, 2.75) is 44.8 Å². The number of thioether (sulfide) groups is 1. The van der Waals surface area contributed by atoms with Gasteiger partial charge in [-0.25, -0.2) is 9.18 Å². The van der Waals surface area contributed by atoms with Crippen LogP contribution < -0.4 is 10.6 Å². The fourth-order valence-corrected chi connectivity index (χ4v) is 6.84. The number of aromatic nitrogens is 3. The summed E-state index contributed by atoms with van der Waals surface area (Å²) in [7, 11) is 0. The molecule has 2 N–H and O–H groups in total. The second-order valence-electron chi connectivity index (χ2n) is 9.77. The van der Waals surface area contributed by atoms with Crippen LogP contribution >= 0.6 is 23.1 Å². The van der Waals surface area contributed by atoms with E-state index < -0.39 is 22.6 Å². The minimum atomic E-state index is -0.560. The first-order chi connectivity index (χ1) is 21.2. The third kappa shape index (κ3) is 6.63. The number of rotatable bonds is 11. The highest BCUT2D eigenvalue weighted by molar-refractivity contribution is 7.99. The Morgan fingerprint density at radius 3 is 2.66 bits per heavy atom. The Morgan fingerprint density at radius 1 is 1.16 bits per heavy atom. The van der Waals surface area contributed by atoms with Crippen LogP contribution in [0.1, 0.15) is 55.9 Å². The average molecular weight is 639 g/mol. The van der Waals surface area contributed by atoms with Gasteiger partial charge >= 0.3 is 5.97 Å². The van der Waals surface area contributed by atoms with Crippen molar-refractivity contribution in [3.8, 4) is 5.69 Å². The summed E-state index contributed by atoms with van der Waals surface area (Å²) in [6, 6.07) is 9.72. The minimum absolute atomic E-state index is 0.0798. The molecule has 0 fully saturated rings. The van der Waals surface area contributed by atoms with Crippen molar-refractivity contribution in [3.05, 3.63) is 91.4 Å². The lowest BCUT2D eigenvalue weighted by Gasteiger charge is -2.11. The van der Waals surface area contributed by atoms with Crippen LogP contribution in [-0.4, -0.2) is 49.8 Å². The van der Waals surface area contributed by atoms with E-state index in [0.717, 1.165) is 41.5 Å². The van der Waals surface area contributed by atoms with Gasteiger partial charge in [0.15, 0.2) is 11.0 Å². The Bertz CT molecular complexity index is 1750. The zero-order valence-electron chi connectivity index (χ0n) is 23.7. The molecule has 0 aliphatic heterocycles. The van der Waals surface area contributed by atoms with E-state index in [4.69, 9.17) is 4.74 Å². The molecule has 1 aliphatic carbocycles. The molecule has 0 saturated heterocycles. The maximum absolute atomic E-state index is 13.7. The monoisotopic (exact) mass is 638 g/mol. The number of hydrogen-bond donors (Lipinski definition) is 2. The van der Waals surface area contributed by atoms with Crippen LogP contribution in [-0.2, 0) is 28.9 Å². The lowest BCUT2D eigenvalue weighted by Crippen LogP contribution is -2.25. The molecule has 0 radical (unpaired) electrons. The molecule has 1 aliphatic rings. The van der Waals surface area contributed by atoms with Gasteiger partial charge in [-0.3, -0.25) is 24.3 Å². The Morgan fingerprint density at radius 2 is 1.93 bits per heavy atom. The smallest absolute Gasteiger partial charge is 0.341 e. The van der Waals surface area contributed by atoms with Crippen LogP contribution in [0, 0.1) is 22.9 Å². The fourth-order valence-electron chi connectivity index (χ4n) is 4.77. The molecule has 44 heavy (non-hydrogen) atoms. The van der Waals surface area contributed by atoms with Gasteiger partial charge < -0.3 is 15.4 Å². The van der Waals surface area contributed by atoms with Gasteiger partial charge in [0.05, 0.1) is 29.4 Å². The van der Waals surface area contributed by atoms with Gasteiger partial charge in [-0.15, -0.1) is 21.5 Å². The molecule has 12 nitrogen and oxygen atoms in total. The van der Waals surface area contributed by atoms with Crippen LogP contribution in [0.25, 0.3) is 5.69 Å². The first-order valence-electron chi connectivity index (χ1n) is 13.6. The van der Waals surface area contributed by atoms with Crippen molar-refractivity contribution in [2.75, 3.05) is 17.7 Å². The van der Waals surface area contributed by atoms with Crippen molar-refractivity contribution in [1.29, 1.82) is 0 Å². The van der Waals surface area contributed by atoms with E-state index in [-0.39, 0.29) is 41.9 Å². The molecule has 228 valence electrons. The van der Waals surface area contributed by atoms with Crippen molar-refractivity contribution in [1.82, 2.24) is 20.1 Å². The third-order valence-electron chi connectivity index (χ3n) is 6.85. The topological polar surface area (TPSA) is 158 Å². The quantitative estimate of drug-likeness (QED) is 0.0997. The van der Waals surface area contributed by atoms with Gasteiger partial charge in [-0.1, -0.05) is 17.8 Å². The van der Waals surface area contributed by atoms with E-state index in [1.807, 2.05) is 0 Å². The van der Waals surface area contributed by atoms with E-state index in [0.29, 0.717) is 27.0 Å². The number of nitrogens with one attached hydrogen (secondary N) is 2. The highest BCUT2D eigenvalue weighted by atomic mass is 32.2. The number of nitrogens with zero attached hydrogens (tertiary/aromatic N) is 4. The zero-order chi connectivity index (χ0) is 31.4. The Balaban J connectivity index is 1.32. The largest absolute Gasteiger partial charge is 0.462 e. The number of benzene rings is 2. The lowest BCUT2D eigenvalue weighted by atomic mass is 10.1. The maximum Gasteiger partial charge on any atom is 0.341 e. The first kappa shape index (κ1) is 30.8. The number of carbonyl (C=O) groups is 3. The SMILES string of the molecule is CCOC(=O)c1c(NC(=O)CSc2nnc(CNC(=O)c3ccc(C)c([N+](=O)[O-])c3)n2-c2ccc(F)cc2)sc2c1CCC2. The number of nitro benzene ring substituents is 1. The van der Waals surface area contributed by atoms with Gasteiger partial charge in [0.25, 0.3) is 11.6 Å². The number of amides is 2. The van der Waals surface area contributed by atoms with Crippen molar-refractivity contribution in [3.63, 3.8) is 0 Å². The fraction of sp³-hybridized carbons (Fsp3) is 0.276. The molecule has 0 unspecified atom stereocenters. The molecule has 0 atom stereocenters. The number of halogens is 1. The van der Waals surface area contributed by atoms with Gasteiger partial charge in [0.2, 0.25) is 5.91 Å². The molecule has 0 spiro atoms. The lowest BCUT2D eigenvalue weighted by molar-refractivity contribution is -0.385. The molecule has 2 aromatic carbocycles. The summed E-state index contributed by atoms with van der Waals surface area (Å²) < 4.78 is 20.5. The second-order valence-corrected chi connectivity index (χ2v) is 11.8. The minimum Gasteiger partial charge on any atom is -0.462 e. The normalized spacial score (nSPS) is 12.1. The number of anilines is 1. The predicted molar refractivity (Wildman–Crippen MR) is 162 cm³/mol. The number of aryl methyl sites for hydroxylation is 2. The first-order valence-corrected chi connectivity index (χ1v) is 15.4. The van der Waals surface area contributed by atoms with Crippen LogP contribution in [0.3, 0.4) is 0 Å².